The number of nitrogens with one attached hydrogen (secondary N) is 1. The van der Waals surface area contributed by atoms with Crippen molar-refractivity contribution in [2.24, 2.45) is 0 Å². The van der Waals surface area contributed by atoms with Crippen molar-refractivity contribution in [2.75, 3.05) is 18.1 Å². The van der Waals surface area contributed by atoms with Gasteiger partial charge in [-0.25, -0.2) is 0 Å². The maximum Gasteiger partial charge on any atom is 0.197 e. The van der Waals surface area contributed by atoms with E-state index in [4.69, 9.17) is 0 Å². The topological polar surface area (TPSA) is 58.1 Å². The van der Waals surface area contributed by atoms with E-state index in [2.05, 4.69) is 35.4 Å². The highest BCUT2D eigenvalue weighted by Gasteiger charge is 2.17. The second kappa shape index (κ2) is 9.57. The summed E-state index contributed by atoms with van der Waals surface area (Å²) < 4.78 is 2.20. The number of hydrogen-bond donors (Lipinski definition) is 1. The van der Waals surface area contributed by atoms with E-state index in [1.54, 1.807) is 0 Å². The Morgan fingerprint density at radius 2 is 1.40 bits per heavy atom. The number of benzene rings is 3. The van der Waals surface area contributed by atoms with Gasteiger partial charge in [-0.3, -0.25) is 14.3 Å². The first-order chi connectivity index (χ1) is 17.1. The number of nitrogens with zero attached hydrogens (tertiary/aromatic N) is 2. The molecule has 0 unspecified atom stereocenters. The van der Waals surface area contributed by atoms with E-state index in [-0.39, 0.29) is 10.9 Å². The molecule has 180 valence electrons. The van der Waals surface area contributed by atoms with Crippen LogP contribution in [-0.2, 0) is 6.42 Å². The number of aryl methyl sites for hydroxylation is 1. The Labute approximate surface area is 205 Å². The Morgan fingerprint density at radius 3 is 2.11 bits per heavy atom. The van der Waals surface area contributed by atoms with E-state index in [0.717, 1.165) is 61.7 Å². The van der Waals surface area contributed by atoms with Crippen molar-refractivity contribution in [2.45, 2.75) is 52.9 Å². The van der Waals surface area contributed by atoms with Gasteiger partial charge in [0.1, 0.15) is 0 Å². The van der Waals surface area contributed by atoms with Crippen LogP contribution in [0.5, 0.6) is 0 Å². The maximum absolute atomic E-state index is 13.7. The lowest BCUT2D eigenvalue weighted by molar-refractivity contribution is 0.564. The number of unbranched alkanes of at least 4 members (excludes halogenated alkanes) is 2. The van der Waals surface area contributed by atoms with Crippen molar-refractivity contribution in [1.29, 1.82) is 0 Å². The number of fused-ring (bicyclic) bond motifs is 4. The molecule has 0 aliphatic heterocycles. The van der Waals surface area contributed by atoms with Gasteiger partial charge in [-0.2, -0.15) is 0 Å². The zero-order valence-electron chi connectivity index (χ0n) is 20.9. The third-order valence-corrected chi connectivity index (χ3v) is 7.06. The molecule has 0 fully saturated rings. The lowest BCUT2D eigenvalue weighted by atomic mass is 10.0. The van der Waals surface area contributed by atoms with Crippen LogP contribution in [0.1, 0.15) is 52.0 Å². The van der Waals surface area contributed by atoms with Gasteiger partial charge in [0.05, 0.1) is 27.5 Å². The van der Waals surface area contributed by atoms with Gasteiger partial charge in [-0.05, 0) is 61.2 Å². The Hall–Kier alpha value is -3.60. The van der Waals surface area contributed by atoms with E-state index < -0.39 is 0 Å². The van der Waals surface area contributed by atoms with Crippen LogP contribution in [0.3, 0.4) is 0 Å². The molecular formula is C30H33N3O2. The normalized spacial score (nSPS) is 11.7. The third-order valence-electron chi connectivity index (χ3n) is 7.06. The van der Waals surface area contributed by atoms with Crippen LogP contribution in [-0.4, -0.2) is 22.7 Å². The fourth-order valence-electron chi connectivity index (χ4n) is 5.06. The highest BCUT2D eigenvalue weighted by atomic mass is 16.1. The van der Waals surface area contributed by atoms with E-state index in [0.29, 0.717) is 27.1 Å². The number of aromatic nitrogens is 2. The summed E-state index contributed by atoms with van der Waals surface area (Å²) in [5.41, 5.74) is 4.38. The monoisotopic (exact) mass is 467 g/mol. The van der Waals surface area contributed by atoms with Crippen molar-refractivity contribution >= 4 is 43.6 Å². The summed E-state index contributed by atoms with van der Waals surface area (Å²) >= 11 is 0. The van der Waals surface area contributed by atoms with Crippen LogP contribution in [0, 0.1) is 0 Å². The molecule has 1 N–H and O–H groups in total. The van der Waals surface area contributed by atoms with E-state index >= 15 is 0 Å². The molecule has 5 heteroatoms. The number of aromatic amines is 1. The van der Waals surface area contributed by atoms with Gasteiger partial charge in [0.2, 0.25) is 0 Å². The summed E-state index contributed by atoms with van der Waals surface area (Å²) in [4.78, 5) is 30.7. The highest BCUT2D eigenvalue weighted by Crippen LogP contribution is 2.25. The zero-order chi connectivity index (χ0) is 24.5. The summed E-state index contributed by atoms with van der Waals surface area (Å²) in [7, 11) is 0. The first-order valence-electron chi connectivity index (χ1n) is 12.9. The van der Waals surface area contributed by atoms with Gasteiger partial charge in [0.15, 0.2) is 10.9 Å². The predicted octanol–water partition coefficient (Wildman–Crippen LogP) is 6.25. The second-order valence-corrected chi connectivity index (χ2v) is 9.42. The third kappa shape index (κ3) is 3.99. The molecule has 2 heterocycles. The van der Waals surface area contributed by atoms with Gasteiger partial charge < -0.3 is 9.99 Å². The van der Waals surface area contributed by atoms with Crippen molar-refractivity contribution in [3.05, 3.63) is 80.6 Å². The van der Waals surface area contributed by atoms with Crippen LogP contribution < -0.4 is 15.9 Å². The summed E-state index contributed by atoms with van der Waals surface area (Å²) in [6, 6.07) is 17.6. The molecular weight excluding hydrogens is 434 g/mol. The predicted molar refractivity (Wildman–Crippen MR) is 148 cm³/mol. The molecule has 0 aliphatic rings. The van der Waals surface area contributed by atoms with Crippen molar-refractivity contribution in [1.82, 2.24) is 9.66 Å². The lowest BCUT2D eigenvalue weighted by Gasteiger charge is -2.30. The van der Waals surface area contributed by atoms with Crippen LogP contribution in [0.25, 0.3) is 43.6 Å². The second-order valence-electron chi connectivity index (χ2n) is 9.42. The first kappa shape index (κ1) is 23.2. The first-order valence-corrected chi connectivity index (χ1v) is 12.9. The molecule has 0 radical (unpaired) electrons. The highest BCUT2D eigenvalue weighted by molar-refractivity contribution is 6.03. The number of para-hydroxylation sites is 1. The fraction of sp³-hybridized carbons (Fsp3) is 0.333. The number of hydrogen-bond acceptors (Lipinski definition) is 3. The Kier molecular flexibility index (Phi) is 6.33. The van der Waals surface area contributed by atoms with Crippen molar-refractivity contribution in [3.8, 4) is 0 Å². The molecule has 35 heavy (non-hydrogen) atoms. The fourth-order valence-corrected chi connectivity index (χ4v) is 5.06. The molecule has 0 saturated carbocycles. The molecule has 5 rings (SSSR count). The Morgan fingerprint density at radius 1 is 0.714 bits per heavy atom. The molecule has 0 aliphatic carbocycles. The SMILES string of the molecule is CCCCN(CCCC)n1c2ccccc2c(=O)c2cc3[nH]c4cc(CC)ccc4c(=O)c3cc21. The van der Waals surface area contributed by atoms with Gasteiger partial charge in [-0.15, -0.1) is 0 Å². The van der Waals surface area contributed by atoms with Gasteiger partial charge in [0, 0.05) is 29.2 Å². The molecule has 5 aromatic rings. The minimum atomic E-state index is -0.000808. The van der Waals surface area contributed by atoms with Crippen LogP contribution in [0.2, 0.25) is 0 Å². The van der Waals surface area contributed by atoms with Gasteiger partial charge >= 0.3 is 0 Å². The Bertz CT molecular complexity index is 1650. The summed E-state index contributed by atoms with van der Waals surface area (Å²) in [6.07, 6.45) is 5.20. The summed E-state index contributed by atoms with van der Waals surface area (Å²) in [5.74, 6) is 0. The van der Waals surface area contributed by atoms with Gasteiger partial charge in [-0.1, -0.05) is 51.8 Å². The largest absolute Gasteiger partial charge is 0.354 e. The standard InChI is InChI=1S/C30H33N3O2/c1-4-7-15-32(16-8-5-2)33-27-12-10-9-11-22(27)30(35)24-18-26-23(19-28(24)33)29(34)21-14-13-20(6-3)17-25(21)31-26/h9-14,17-19H,4-8,15-16H2,1-3H3,(H,31,34). The number of H-pyrrole nitrogens is 1. The minimum absolute atomic E-state index is 0.000808. The number of pyridine rings is 2. The molecule has 5 nitrogen and oxygen atoms in total. The molecule has 0 amide bonds. The van der Waals surface area contributed by atoms with E-state index in [1.165, 1.54) is 5.56 Å². The van der Waals surface area contributed by atoms with Crippen LogP contribution >= 0.6 is 0 Å². The summed E-state index contributed by atoms with van der Waals surface area (Å²) in [5, 5.41) is 4.98. The molecule has 3 aromatic carbocycles. The molecule has 2 aromatic heterocycles. The molecule has 0 bridgehead atoms. The summed E-state index contributed by atoms with van der Waals surface area (Å²) in [6.45, 7) is 8.28. The minimum Gasteiger partial charge on any atom is -0.354 e. The van der Waals surface area contributed by atoms with Gasteiger partial charge in [0.25, 0.3) is 0 Å². The Balaban J connectivity index is 1.90. The molecule has 0 spiro atoms. The average molecular weight is 468 g/mol. The maximum atomic E-state index is 13.7. The van der Waals surface area contributed by atoms with Crippen molar-refractivity contribution < 1.29 is 0 Å². The molecule has 0 saturated heterocycles. The number of rotatable bonds is 8. The van der Waals surface area contributed by atoms with Crippen LogP contribution in [0.15, 0.2) is 64.2 Å². The molecule has 0 atom stereocenters. The lowest BCUT2D eigenvalue weighted by Crippen LogP contribution is -2.38. The van der Waals surface area contributed by atoms with E-state index in [1.807, 2.05) is 54.6 Å². The zero-order valence-corrected chi connectivity index (χ0v) is 20.9. The van der Waals surface area contributed by atoms with E-state index in [9.17, 15) is 9.59 Å². The smallest absolute Gasteiger partial charge is 0.197 e. The van der Waals surface area contributed by atoms with Crippen LogP contribution in [0.4, 0.5) is 0 Å². The van der Waals surface area contributed by atoms with Crippen molar-refractivity contribution in [3.63, 3.8) is 0 Å². The quantitative estimate of drug-likeness (QED) is 0.274. The average Bonchev–Trinajstić information content (AvgIpc) is 2.89.